The highest BCUT2D eigenvalue weighted by molar-refractivity contribution is 5.69. The van der Waals surface area contributed by atoms with E-state index in [-0.39, 0.29) is 12.8 Å². The van der Waals surface area contributed by atoms with E-state index >= 15 is 0 Å². The summed E-state index contributed by atoms with van der Waals surface area (Å²) in [5.74, 6) is -0.847. The maximum atomic E-state index is 9.81. The van der Waals surface area contributed by atoms with Gasteiger partial charge in [-0.1, -0.05) is 0 Å². The van der Waals surface area contributed by atoms with Crippen molar-refractivity contribution in [3.63, 3.8) is 0 Å². The Kier molecular flexibility index (Phi) is 1.45. The van der Waals surface area contributed by atoms with Crippen LogP contribution in [0.5, 0.6) is 0 Å². The van der Waals surface area contributed by atoms with Gasteiger partial charge in [0, 0.05) is 0 Å². The Labute approximate surface area is 46.4 Å². The van der Waals surface area contributed by atoms with Gasteiger partial charge in [-0.2, -0.15) is 0 Å². The van der Waals surface area contributed by atoms with Gasteiger partial charge in [-0.05, 0) is 0 Å². The lowest BCUT2D eigenvalue weighted by Gasteiger charge is -1.90. The standard InChI is InChI=1S/C4H7NO3/c6-4(7)1-5-3-2-8-3/h3,5H,1-2H2,(H,6,7). The van der Waals surface area contributed by atoms with Crippen molar-refractivity contribution >= 4 is 5.97 Å². The van der Waals surface area contributed by atoms with Crippen LogP contribution in [0.15, 0.2) is 0 Å². The highest BCUT2D eigenvalue weighted by Crippen LogP contribution is 2.02. The first kappa shape index (κ1) is 5.53. The minimum atomic E-state index is -0.847. The molecule has 46 valence electrons. The molecule has 1 unspecified atom stereocenters. The first-order valence-electron chi connectivity index (χ1n) is 2.36. The van der Waals surface area contributed by atoms with Gasteiger partial charge in [-0.3, -0.25) is 10.1 Å². The van der Waals surface area contributed by atoms with E-state index < -0.39 is 5.97 Å². The largest absolute Gasteiger partial charge is 0.480 e. The van der Waals surface area contributed by atoms with Crippen LogP contribution in [0.1, 0.15) is 0 Å². The summed E-state index contributed by atoms with van der Waals surface area (Å²) >= 11 is 0. The molecule has 1 heterocycles. The van der Waals surface area contributed by atoms with Gasteiger partial charge in [0.25, 0.3) is 0 Å². The molecule has 1 fully saturated rings. The molecule has 0 aromatic rings. The molecule has 4 heteroatoms. The van der Waals surface area contributed by atoms with Crippen molar-refractivity contribution in [1.29, 1.82) is 0 Å². The van der Waals surface area contributed by atoms with Crippen molar-refractivity contribution in [3.8, 4) is 0 Å². The fourth-order valence-corrected chi connectivity index (χ4v) is 0.367. The zero-order chi connectivity index (χ0) is 5.98. The molecule has 0 aromatic heterocycles. The summed E-state index contributed by atoms with van der Waals surface area (Å²) < 4.78 is 4.68. The number of aliphatic carboxylic acids is 1. The Morgan fingerprint density at radius 1 is 2.00 bits per heavy atom. The molecule has 1 rings (SSSR count). The van der Waals surface area contributed by atoms with Gasteiger partial charge < -0.3 is 9.84 Å². The Hall–Kier alpha value is -0.610. The van der Waals surface area contributed by atoms with Gasteiger partial charge in [-0.15, -0.1) is 0 Å². The zero-order valence-electron chi connectivity index (χ0n) is 4.26. The highest BCUT2D eigenvalue weighted by Gasteiger charge is 2.21. The average Bonchev–Trinajstić information content (AvgIpc) is 2.41. The van der Waals surface area contributed by atoms with Crippen LogP contribution in [-0.2, 0) is 9.53 Å². The number of hydrogen-bond acceptors (Lipinski definition) is 3. The molecule has 0 aromatic carbocycles. The average molecular weight is 117 g/mol. The molecule has 1 saturated heterocycles. The van der Waals surface area contributed by atoms with Gasteiger partial charge in [-0.25, -0.2) is 0 Å². The van der Waals surface area contributed by atoms with E-state index in [9.17, 15) is 4.79 Å². The SMILES string of the molecule is O=C(O)CNC1CO1. The number of hydrogen-bond donors (Lipinski definition) is 2. The number of carboxylic acid groups (broad SMARTS) is 1. The fraction of sp³-hybridized carbons (Fsp3) is 0.750. The Balaban J connectivity index is 1.95. The molecular weight excluding hydrogens is 110 g/mol. The predicted octanol–water partition coefficient (Wildman–Crippen LogP) is -0.983. The molecule has 4 nitrogen and oxygen atoms in total. The molecule has 8 heavy (non-hydrogen) atoms. The molecule has 1 aliphatic heterocycles. The number of carbonyl (C=O) groups is 1. The molecule has 0 saturated carbocycles. The predicted molar refractivity (Wildman–Crippen MR) is 25.4 cm³/mol. The van der Waals surface area contributed by atoms with Crippen LogP contribution < -0.4 is 5.32 Å². The number of epoxide rings is 1. The summed E-state index contributed by atoms with van der Waals surface area (Å²) in [5, 5.41) is 10.7. The highest BCUT2D eigenvalue weighted by atomic mass is 16.6. The first-order valence-corrected chi connectivity index (χ1v) is 2.36. The molecule has 1 aliphatic rings. The van der Waals surface area contributed by atoms with Crippen LogP contribution in [0, 0.1) is 0 Å². The van der Waals surface area contributed by atoms with Gasteiger partial charge in [0.1, 0.15) is 6.23 Å². The van der Waals surface area contributed by atoms with Crippen molar-refractivity contribution in [3.05, 3.63) is 0 Å². The van der Waals surface area contributed by atoms with Crippen LogP contribution >= 0.6 is 0 Å². The summed E-state index contributed by atoms with van der Waals surface area (Å²) in [5.41, 5.74) is 0. The van der Waals surface area contributed by atoms with E-state index in [1.54, 1.807) is 0 Å². The lowest BCUT2D eigenvalue weighted by molar-refractivity contribution is -0.136. The summed E-state index contributed by atoms with van der Waals surface area (Å²) in [4.78, 5) is 9.81. The summed E-state index contributed by atoms with van der Waals surface area (Å²) in [6.45, 7) is 0.637. The lowest BCUT2D eigenvalue weighted by Crippen LogP contribution is -2.24. The second-order valence-electron chi connectivity index (χ2n) is 1.60. The van der Waals surface area contributed by atoms with E-state index in [1.165, 1.54) is 0 Å². The number of carboxylic acids is 1. The van der Waals surface area contributed by atoms with Crippen LogP contribution in [0.4, 0.5) is 0 Å². The van der Waals surface area contributed by atoms with Gasteiger partial charge >= 0.3 is 5.97 Å². The maximum Gasteiger partial charge on any atom is 0.317 e. The smallest absolute Gasteiger partial charge is 0.317 e. The van der Waals surface area contributed by atoms with Crippen LogP contribution in [0.25, 0.3) is 0 Å². The van der Waals surface area contributed by atoms with Crippen LogP contribution in [-0.4, -0.2) is 30.5 Å². The molecule has 2 N–H and O–H groups in total. The molecule has 0 radical (unpaired) electrons. The summed E-state index contributed by atoms with van der Waals surface area (Å²) in [7, 11) is 0. The fourth-order valence-electron chi connectivity index (χ4n) is 0.367. The van der Waals surface area contributed by atoms with Crippen LogP contribution in [0.3, 0.4) is 0 Å². The van der Waals surface area contributed by atoms with Crippen molar-refractivity contribution in [1.82, 2.24) is 5.32 Å². The summed E-state index contributed by atoms with van der Waals surface area (Å²) in [6.07, 6.45) is 0.00565. The molecule has 1 atom stereocenters. The third-order valence-electron chi connectivity index (χ3n) is 0.814. The first-order chi connectivity index (χ1) is 3.79. The van der Waals surface area contributed by atoms with Crippen molar-refractivity contribution in [2.24, 2.45) is 0 Å². The normalized spacial score (nSPS) is 25.2. The number of ether oxygens (including phenoxy) is 1. The summed E-state index contributed by atoms with van der Waals surface area (Å²) in [6, 6.07) is 0. The van der Waals surface area contributed by atoms with Crippen molar-refractivity contribution in [2.75, 3.05) is 13.2 Å². The minimum Gasteiger partial charge on any atom is -0.480 e. The molecular formula is C4H7NO3. The van der Waals surface area contributed by atoms with Crippen molar-refractivity contribution < 1.29 is 14.6 Å². The van der Waals surface area contributed by atoms with E-state index in [0.29, 0.717) is 6.61 Å². The van der Waals surface area contributed by atoms with Crippen LogP contribution in [0.2, 0.25) is 0 Å². The molecule has 0 aliphatic carbocycles. The van der Waals surface area contributed by atoms with E-state index in [4.69, 9.17) is 5.11 Å². The Morgan fingerprint density at radius 2 is 2.62 bits per heavy atom. The second kappa shape index (κ2) is 2.11. The van der Waals surface area contributed by atoms with Gasteiger partial charge in [0.2, 0.25) is 0 Å². The minimum absolute atomic E-state index is 0.00565. The van der Waals surface area contributed by atoms with Gasteiger partial charge in [0.15, 0.2) is 0 Å². The second-order valence-corrected chi connectivity index (χ2v) is 1.60. The Bertz CT molecular complexity index is 99.5. The molecule has 0 spiro atoms. The number of rotatable bonds is 3. The molecule has 0 amide bonds. The molecule has 0 bridgehead atoms. The van der Waals surface area contributed by atoms with Gasteiger partial charge in [0.05, 0.1) is 13.2 Å². The quantitative estimate of drug-likeness (QED) is 0.466. The van der Waals surface area contributed by atoms with E-state index in [2.05, 4.69) is 10.1 Å². The zero-order valence-corrected chi connectivity index (χ0v) is 4.26. The Morgan fingerprint density at radius 3 is 3.00 bits per heavy atom. The third kappa shape index (κ3) is 1.90. The van der Waals surface area contributed by atoms with E-state index in [0.717, 1.165) is 0 Å². The van der Waals surface area contributed by atoms with E-state index in [1.807, 2.05) is 0 Å². The monoisotopic (exact) mass is 117 g/mol. The maximum absolute atomic E-state index is 9.81. The topological polar surface area (TPSA) is 61.9 Å². The van der Waals surface area contributed by atoms with Crippen molar-refractivity contribution in [2.45, 2.75) is 6.23 Å². The number of nitrogens with one attached hydrogen (secondary N) is 1. The third-order valence-corrected chi connectivity index (χ3v) is 0.814. The lowest BCUT2D eigenvalue weighted by atomic mass is 10.6.